The Kier molecular flexibility index (Phi) is 6.81. The number of benzene rings is 6. The van der Waals surface area contributed by atoms with E-state index in [4.69, 9.17) is 19.3 Å². The lowest BCUT2D eigenvalue weighted by Gasteiger charge is -2.12. The largest absolute Gasteiger partial charge is 0.658 e. The molecule has 0 bridgehead atoms. The van der Waals surface area contributed by atoms with Crippen LogP contribution in [0, 0.1) is 0 Å². The molecule has 2 aromatic heterocycles. The molecule has 2 heterocycles. The summed E-state index contributed by atoms with van der Waals surface area (Å²) in [5.41, 5.74) is 8.08. The van der Waals surface area contributed by atoms with Gasteiger partial charge in [0.1, 0.15) is 23.1 Å². The lowest BCUT2D eigenvalue weighted by atomic mass is 10.2. The zero-order chi connectivity index (χ0) is 30.0. The van der Waals surface area contributed by atoms with Gasteiger partial charge in [0.25, 0.3) is 0 Å². The Morgan fingerprint density at radius 1 is 0.400 bits per heavy atom. The van der Waals surface area contributed by atoms with Gasteiger partial charge >= 0.3 is 7.69 Å². The van der Waals surface area contributed by atoms with Crippen molar-refractivity contribution >= 4 is 29.8 Å². The van der Waals surface area contributed by atoms with Crippen LogP contribution in [0.1, 0.15) is 0 Å². The highest BCUT2D eigenvalue weighted by Gasteiger charge is 2.16. The number of nitrogens with zero attached hydrogens (tertiary/aromatic N) is 4. The van der Waals surface area contributed by atoms with Crippen LogP contribution in [0.5, 0.6) is 11.5 Å². The number of rotatable bonds is 8. The monoisotopic (exact) mass is 581 g/mol. The summed E-state index contributed by atoms with van der Waals surface area (Å²) >= 11 is 0. The Bertz CT molecular complexity index is 2070. The second kappa shape index (κ2) is 11.5. The van der Waals surface area contributed by atoms with E-state index in [1.54, 1.807) is 0 Å². The van der Waals surface area contributed by atoms with Crippen LogP contribution in [-0.4, -0.2) is 26.8 Å². The first-order chi connectivity index (χ1) is 22.3. The van der Waals surface area contributed by atoms with Gasteiger partial charge in [-0.25, -0.2) is 9.97 Å². The van der Waals surface area contributed by atoms with Gasteiger partial charge in [0.15, 0.2) is 0 Å². The van der Waals surface area contributed by atoms with Gasteiger partial charge in [0.05, 0.1) is 22.1 Å². The maximum absolute atomic E-state index is 5.83. The molecule has 0 atom stereocenters. The summed E-state index contributed by atoms with van der Waals surface area (Å²) in [5.74, 6) is 3.11. The fourth-order valence-electron chi connectivity index (χ4n) is 5.62. The van der Waals surface area contributed by atoms with Gasteiger partial charge in [-0.2, -0.15) is 0 Å². The molecule has 7 heteroatoms. The first-order valence-electron chi connectivity index (χ1n) is 14.7. The number of para-hydroxylation sites is 4. The molecule has 6 aromatic carbocycles. The highest BCUT2D eigenvalue weighted by Crippen LogP contribution is 2.31. The molecule has 0 fully saturated rings. The van der Waals surface area contributed by atoms with Crippen molar-refractivity contribution < 1.29 is 9.31 Å². The zero-order valence-electron chi connectivity index (χ0n) is 24.2. The topological polar surface area (TPSA) is 54.1 Å². The van der Waals surface area contributed by atoms with E-state index in [1.807, 2.05) is 121 Å². The highest BCUT2D eigenvalue weighted by atomic mass is 16.6. The smallest absolute Gasteiger partial charge is 0.526 e. The van der Waals surface area contributed by atoms with E-state index in [0.717, 1.165) is 56.2 Å². The van der Waals surface area contributed by atoms with Crippen LogP contribution < -0.4 is 9.31 Å². The van der Waals surface area contributed by atoms with Crippen molar-refractivity contribution in [3.8, 4) is 45.6 Å². The quantitative estimate of drug-likeness (QED) is 0.169. The minimum atomic E-state index is 0.665. The molecule has 6 nitrogen and oxygen atoms in total. The van der Waals surface area contributed by atoms with Gasteiger partial charge in [-0.05, 0) is 72.8 Å². The predicted octanol–water partition coefficient (Wildman–Crippen LogP) is 8.69. The average Bonchev–Trinajstić information content (AvgIpc) is 3.69. The molecule has 8 aromatic rings. The van der Waals surface area contributed by atoms with Crippen LogP contribution in [0.2, 0.25) is 0 Å². The van der Waals surface area contributed by atoms with Gasteiger partial charge in [0, 0.05) is 22.5 Å². The summed E-state index contributed by atoms with van der Waals surface area (Å²) in [6, 6.07) is 52.6. The number of hydrogen-bond donors (Lipinski definition) is 0. The Hall–Kier alpha value is -6.08. The zero-order valence-corrected chi connectivity index (χ0v) is 24.2. The lowest BCUT2D eigenvalue weighted by Crippen LogP contribution is -2.11. The normalized spacial score (nSPS) is 11.1. The molecule has 0 N–H and O–H groups in total. The fourth-order valence-corrected chi connectivity index (χ4v) is 5.62. The second-order valence-corrected chi connectivity index (χ2v) is 10.6. The Morgan fingerprint density at radius 3 is 1.20 bits per heavy atom. The summed E-state index contributed by atoms with van der Waals surface area (Å²) in [7, 11) is 1.36. The van der Waals surface area contributed by atoms with E-state index in [0.29, 0.717) is 11.5 Å². The molecule has 0 amide bonds. The van der Waals surface area contributed by atoms with E-state index < -0.39 is 0 Å². The molecule has 0 saturated carbocycles. The van der Waals surface area contributed by atoms with Crippen LogP contribution >= 0.6 is 0 Å². The van der Waals surface area contributed by atoms with Crippen LogP contribution in [0.4, 0.5) is 0 Å². The maximum atomic E-state index is 5.83. The van der Waals surface area contributed by atoms with E-state index >= 15 is 0 Å². The van der Waals surface area contributed by atoms with Crippen molar-refractivity contribution in [1.29, 1.82) is 0 Å². The summed E-state index contributed by atoms with van der Waals surface area (Å²) in [5, 5.41) is 0. The Labute approximate surface area is 261 Å². The third-order valence-corrected chi connectivity index (χ3v) is 7.74. The Balaban J connectivity index is 0.990. The Morgan fingerprint density at radius 2 is 0.778 bits per heavy atom. The highest BCUT2D eigenvalue weighted by molar-refractivity contribution is 6.20. The fraction of sp³-hybridized carbons (Fsp3) is 0. The predicted molar refractivity (Wildman–Crippen MR) is 180 cm³/mol. The number of hydrogen-bond acceptors (Lipinski definition) is 4. The first-order valence-corrected chi connectivity index (χ1v) is 14.7. The summed E-state index contributed by atoms with van der Waals surface area (Å²) < 4.78 is 16.0. The van der Waals surface area contributed by atoms with Gasteiger partial charge in [-0.1, -0.05) is 84.9 Å². The second-order valence-electron chi connectivity index (χ2n) is 10.6. The van der Waals surface area contributed by atoms with Crippen molar-refractivity contribution in [1.82, 2.24) is 19.1 Å². The summed E-state index contributed by atoms with van der Waals surface area (Å²) in [6.07, 6.45) is 0. The van der Waals surface area contributed by atoms with Gasteiger partial charge in [-0.3, -0.25) is 9.13 Å². The molecule has 0 spiro atoms. The van der Waals surface area contributed by atoms with Crippen molar-refractivity contribution in [2.24, 2.45) is 0 Å². The molecule has 0 aliphatic rings. The average molecular weight is 581 g/mol. The minimum Gasteiger partial charge on any atom is -0.526 e. The number of aromatic nitrogens is 4. The summed E-state index contributed by atoms with van der Waals surface area (Å²) in [6.45, 7) is 0. The number of imidazole rings is 2. The summed E-state index contributed by atoms with van der Waals surface area (Å²) in [4.78, 5) is 9.85. The lowest BCUT2D eigenvalue weighted by molar-refractivity contribution is 0.459. The molecule has 45 heavy (non-hydrogen) atoms. The molecule has 213 valence electrons. The molecule has 0 saturated heterocycles. The van der Waals surface area contributed by atoms with Gasteiger partial charge < -0.3 is 9.31 Å². The van der Waals surface area contributed by atoms with Crippen molar-refractivity contribution in [3.63, 3.8) is 0 Å². The SMILES string of the molecule is [B](Oc1ccc(-n2c(-c3ccccc3)nc3ccccc32)cc1)Oc1ccc(-n2c(-c3ccccc3)nc3ccccc32)cc1. The van der Waals surface area contributed by atoms with Gasteiger partial charge in [0.2, 0.25) is 0 Å². The molecular formula is C38H26BN4O2. The van der Waals surface area contributed by atoms with E-state index in [9.17, 15) is 0 Å². The van der Waals surface area contributed by atoms with E-state index in [2.05, 4.69) is 45.5 Å². The van der Waals surface area contributed by atoms with E-state index in [-0.39, 0.29) is 0 Å². The van der Waals surface area contributed by atoms with Crippen LogP contribution in [0.15, 0.2) is 158 Å². The molecule has 8 rings (SSSR count). The third kappa shape index (κ3) is 5.10. The maximum Gasteiger partial charge on any atom is 0.658 e. The van der Waals surface area contributed by atoms with Crippen LogP contribution in [-0.2, 0) is 0 Å². The van der Waals surface area contributed by atoms with Crippen LogP contribution in [0.25, 0.3) is 56.2 Å². The minimum absolute atomic E-state index is 0.665. The van der Waals surface area contributed by atoms with Crippen molar-refractivity contribution in [3.05, 3.63) is 158 Å². The number of fused-ring (bicyclic) bond motifs is 2. The van der Waals surface area contributed by atoms with Crippen LogP contribution in [0.3, 0.4) is 0 Å². The third-order valence-electron chi connectivity index (χ3n) is 7.74. The van der Waals surface area contributed by atoms with E-state index in [1.165, 1.54) is 7.69 Å². The van der Waals surface area contributed by atoms with Crippen molar-refractivity contribution in [2.75, 3.05) is 0 Å². The van der Waals surface area contributed by atoms with Gasteiger partial charge in [-0.15, -0.1) is 0 Å². The molecule has 0 aliphatic carbocycles. The molecule has 0 aliphatic heterocycles. The standard InChI is InChI=1S/C38H26BN4O2/c1-3-11-27(12-4-1)37-40-33-15-7-9-17-35(33)42(37)29-19-23-31(24-20-29)44-39-45-32-25-21-30(22-26-32)43-36-18-10-8-16-34(36)41-38(43)28-13-5-2-6-14-28/h1-26H. The molecular weight excluding hydrogens is 555 g/mol. The molecule has 1 radical (unpaired) electrons. The van der Waals surface area contributed by atoms with Crippen molar-refractivity contribution in [2.45, 2.75) is 0 Å². The molecule has 0 unspecified atom stereocenters. The first kappa shape index (κ1) is 26.5.